The Morgan fingerprint density at radius 1 is 1.28 bits per heavy atom. The highest BCUT2D eigenvalue weighted by atomic mass is 35.5. The minimum atomic E-state index is -2.98. The molecule has 2 aliphatic rings. The molecule has 0 aliphatic carbocycles. The van der Waals surface area contributed by atoms with E-state index in [2.05, 4.69) is 9.97 Å². The number of fused-ring (bicyclic) bond motifs is 2. The van der Waals surface area contributed by atoms with Crippen LogP contribution in [0, 0.1) is 0 Å². The zero-order valence-corrected chi connectivity index (χ0v) is 14.6. The first kappa shape index (κ1) is 16.7. The summed E-state index contributed by atoms with van der Waals surface area (Å²) in [5.41, 5.74) is 1.65. The summed E-state index contributed by atoms with van der Waals surface area (Å²) >= 11 is 6.10. The Morgan fingerprint density at radius 2 is 2.04 bits per heavy atom. The molecule has 0 radical (unpaired) electrons. The zero-order chi connectivity index (χ0) is 17.7. The van der Waals surface area contributed by atoms with Gasteiger partial charge in [0.1, 0.15) is 16.7 Å². The van der Waals surface area contributed by atoms with E-state index in [9.17, 15) is 8.78 Å². The van der Waals surface area contributed by atoms with Crippen LogP contribution in [0.25, 0.3) is 0 Å². The van der Waals surface area contributed by atoms with Crippen molar-refractivity contribution in [3.05, 3.63) is 46.9 Å². The fraction of sp³-hybridized carbons (Fsp3) is 0.444. The molecular formula is C18H18ClF2N3O. The molecule has 132 valence electrons. The number of nitrogens with zero attached hydrogens (tertiary/aromatic N) is 3. The molecule has 1 saturated heterocycles. The van der Waals surface area contributed by atoms with E-state index in [0.29, 0.717) is 30.7 Å². The van der Waals surface area contributed by atoms with Crippen molar-refractivity contribution in [2.24, 2.45) is 0 Å². The molecular weight excluding hydrogens is 348 g/mol. The first-order valence-electron chi connectivity index (χ1n) is 8.26. The second kappa shape index (κ2) is 5.88. The van der Waals surface area contributed by atoms with Crippen molar-refractivity contribution >= 4 is 23.1 Å². The number of ether oxygens (including phenoxy) is 1. The van der Waals surface area contributed by atoms with Gasteiger partial charge in [0.15, 0.2) is 0 Å². The number of halogens is 3. The van der Waals surface area contributed by atoms with Crippen LogP contribution < -0.4 is 4.90 Å². The number of pyridine rings is 2. The maximum absolute atomic E-state index is 13.7. The second-order valence-electron chi connectivity index (χ2n) is 6.77. The van der Waals surface area contributed by atoms with E-state index < -0.39 is 5.92 Å². The van der Waals surface area contributed by atoms with E-state index in [1.807, 2.05) is 4.90 Å². The van der Waals surface area contributed by atoms with Gasteiger partial charge in [-0.15, -0.1) is 0 Å². The van der Waals surface area contributed by atoms with Gasteiger partial charge in [0, 0.05) is 43.9 Å². The maximum Gasteiger partial charge on any atom is 0.287 e. The Kier molecular flexibility index (Phi) is 3.92. The molecule has 0 atom stereocenters. The molecule has 4 nitrogen and oxygen atoms in total. The SMILES string of the molecule is CC(F)(F)c1cccc(N2CC3(CCOCC3)c3cnc(Cl)cc32)n1. The van der Waals surface area contributed by atoms with Gasteiger partial charge in [0.25, 0.3) is 5.92 Å². The van der Waals surface area contributed by atoms with Crippen molar-refractivity contribution in [2.45, 2.75) is 31.1 Å². The van der Waals surface area contributed by atoms with Crippen molar-refractivity contribution in [2.75, 3.05) is 24.7 Å². The number of rotatable bonds is 2. The van der Waals surface area contributed by atoms with Crippen LogP contribution >= 0.6 is 11.6 Å². The number of alkyl halides is 2. The average molecular weight is 366 g/mol. The van der Waals surface area contributed by atoms with Crippen molar-refractivity contribution in [3.8, 4) is 0 Å². The standard InChI is InChI=1S/C18H18ClF2N3O/c1-17(20,21)14-3-2-4-16(23-14)24-11-18(5-7-25-8-6-18)12-10-22-15(19)9-13(12)24/h2-4,9-10H,5-8,11H2,1H3. The second-order valence-corrected chi connectivity index (χ2v) is 7.16. The van der Waals surface area contributed by atoms with Gasteiger partial charge in [-0.2, -0.15) is 8.78 Å². The average Bonchev–Trinajstić information content (AvgIpc) is 2.88. The van der Waals surface area contributed by atoms with Gasteiger partial charge < -0.3 is 9.64 Å². The largest absolute Gasteiger partial charge is 0.381 e. The summed E-state index contributed by atoms with van der Waals surface area (Å²) in [5, 5.41) is 0.379. The van der Waals surface area contributed by atoms with Crippen molar-refractivity contribution < 1.29 is 13.5 Å². The lowest BCUT2D eigenvalue weighted by atomic mass is 9.76. The maximum atomic E-state index is 13.7. The highest BCUT2D eigenvalue weighted by molar-refractivity contribution is 6.29. The molecule has 2 aromatic heterocycles. The van der Waals surface area contributed by atoms with Crippen LogP contribution in [0.15, 0.2) is 30.5 Å². The fourth-order valence-electron chi connectivity index (χ4n) is 3.74. The molecule has 0 unspecified atom stereocenters. The fourth-order valence-corrected chi connectivity index (χ4v) is 3.89. The predicted molar refractivity (Wildman–Crippen MR) is 91.8 cm³/mol. The summed E-state index contributed by atoms with van der Waals surface area (Å²) in [5.74, 6) is -2.48. The number of hydrogen-bond acceptors (Lipinski definition) is 4. The van der Waals surface area contributed by atoms with Crippen molar-refractivity contribution in [3.63, 3.8) is 0 Å². The Hall–Kier alpha value is -1.79. The molecule has 0 amide bonds. The first-order valence-corrected chi connectivity index (χ1v) is 8.64. The van der Waals surface area contributed by atoms with Gasteiger partial charge in [-0.1, -0.05) is 17.7 Å². The lowest BCUT2D eigenvalue weighted by Gasteiger charge is -2.34. The van der Waals surface area contributed by atoms with Crippen LogP contribution in [0.3, 0.4) is 0 Å². The smallest absolute Gasteiger partial charge is 0.287 e. The molecule has 4 heterocycles. The molecule has 4 rings (SSSR count). The lowest BCUT2D eigenvalue weighted by molar-refractivity contribution is 0.0128. The molecule has 25 heavy (non-hydrogen) atoms. The highest BCUT2D eigenvalue weighted by Crippen LogP contribution is 2.49. The van der Waals surface area contributed by atoms with Crippen LogP contribution in [0.1, 0.15) is 31.0 Å². The van der Waals surface area contributed by atoms with Crippen LogP contribution in [-0.2, 0) is 16.1 Å². The summed E-state index contributed by atoms with van der Waals surface area (Å²) in [7, 11) is 0. The third-order valence-corrected chi connectivity index (χ3v) is 5.29. The number of aromatic nitrogens is 2. The van der Waals surface area contributed by atoms with Crippen molar-refractivity contribution in [1.82, 2.24) is 9.97 Å². The Morgan fingerprint density at radius 3 is 2.76 bits per heavy atom. The molecule has 1 spiro atoms. The molecule has 0 N–H and O–H groups in total. The predicted octanol–water partition coefficient (Wildman–Crippen LogP) is 4.44. The van der Waals surface area contributed by atoms with E-state index in [0.717, 1.165) is 31.0 Å². The van der Waals surface area contributed by atoms with Gasteiger partial charge in [0.2, 0.25) is 0 Å². The molecule has 0 aromatic carbocycles. The van der Waals surface area contributed by atoms with Crippen molar-refractivity contribution in [1.29, 1.82) is 0 Å². The highest BCUT2D eigenvalue weighted by Gasteiger charge is 2.45. The zero-order valence-electron chi connectivity index (χ0n) is 13.8. The Labute approximate surface area is 149 Å². The molecule has 0 saturated carbocycles. The summed E-state index contributed by atoms with van der Waals surface area (Å²) in [6, 6.07) is 6.52. The summed E-state index contributed by atoms with van der Waals surface area (Å²) in [4.78, 5) is 10.4. The quantitative estimate of drug-likeness (QED) is 0.737. The Bertz CT molecular complexity index is 803. The van der Waals surface area contributed by atoms with Crippen LogP contribution in [-0.4, -0.2) is 29.7 Å². The van der Waals surface area contributed by atoms with E-state index in [1.54, 1.807) is 24.4 Å². The van der Waals surface area contributed by atoms with Gasteiger partial charge in [0.05, 0.1) is 5.69 Å². The lowest BCUT2D eigenvalue weighted by Crippen LogP contribution is -2.37. The van der Waals surface area contributed by atoms with Crippen LogP contribution in [0.4, 0.5) is 20.3 Å². The minimum Gasteiger partial charge on any atom is -0.381 e. The van der Waals surface area contributed by atoms with E-state index in [4.69, 9.17) is 16.3 Å². The number of anilines is 2. The first-order chi connectivity index (χ1) is 11.9. The minimum absolute atomic E-state index is 0.0996. The monoisotopic (exact) mass is 365 g/mol. The molecule has 7 heteroatoms. The van der Waals surface area contributed by atoms with Gasteiger partial charge in [-0.25, -0.2) is 9.97 Å². The van der Waals surface area contributed by atoms with Gasteiger partial charge in [-0.05, 0) is 31.0 Å². The molecule has 1 fully saturated rings. The van der Waals surface area contributed by atoms with Gasteiger partial charge >= 0.3 is 0 Å². The van der Waals surface area contributed by atoms with Crippen LogP contribution in [0.2, 0.25) is 5.15 Å². The summed E-state index contributed by atoms with van der Waals surface area (Å²) < 4.78 is 32.9. The Balaban J connectivity index is 1.80. The number of hydrogen-bond donors (Lipinski definition) is 0. The van der Waals surface area contributed by atoms with E-state index in [-0.39, 0.29) is 11.1 Å². The van der Waals surface area contributed by atoms with E-state index >= 15 is 0 Å². The summed E-state index contributed by atoms with van der Waals surface area (Å²) in [6.45, 7) is 2.88. The molecule has 0 bridgehead atoms. The third-order valence-electron chi connectivity index (χ3n) is 5.08. The molecule has 2 aromatic rings. The normalized spacial score (nSPS) is 19.3. The third kappa shape index (κ3) is 2.87. The van der Waals surface area contributed by atoms with Crippen LogP contribution in [0.5, 0.6) is 0 Å². The molecule has 2 aliphatic heterocycles. The van der Waals surface area contributed by atoms with E-state index in [1.165, 1.54) is 6.07 Å². The van der Waals surface area contributed by atoms with Gasteiger partial charge in [-0.3, -0.25) is 0 Å². The summed E-state index contributed by atoms with van der Waals surface area (Å²) in [6.07, 6.45) is 3.54. The topological polar surface area (TPSA) is 38.2 Å².